The Morgan fingerprint density at radius 3 is 2.75 bits per heavy atom. The molecule has 2 heterocycles. The summed E-state index contributed by atoms with van der Waals surface area (Å²) < 4.78 is 12.0. The van der Waals surface area contributed by atoms with Crippen molar-refractivity contribution in [2.45, 2.75) is 19.4 Å². The lowest BCUT2D eigenvalue weighted by molar-refractivity contribution is -0.131. The molecule has 1 unspecified atom stereocenters. The number of carbonyl (C=O) groups is 2. The fraction of sp³-hybridized carbons (Fsp3) is 0.294. The average molecular weight is 393 g/mol. The topological polar surface area (TPSA) is 71.8 Å². The third-order valence-corrected chi connectivity index (χ3v) is 4.38. The van der Waals surface area contributed by atoms with Crippen molar-refractivity contribution >= 4 is 27.9 Å². The first kappa shape index (κ1) is 16.6. The van der Waals surface area contributed by atoms with Gasteiger partial charge in [-0.15, -0.1) is 0 Å². The minimum Gasteiger partial charge on any atom is -0.492 e. The molecule has 1 saturated heterocycles. The number of urea groups is 1. The zero-order valence-corrected chi connectivity index (χ0v) is 14.9. The van der Waals surface area contributed by atoms with Crippen molar-refractivity contribution in [3.05, 3.63) is 52.4 Å². The summed E-state index contributed by atoms with van der Waals surface area (Å²) in [4.78, 5) is 26.0. The minimum atomic E-state index is -1.18. The number of carbonyl (C=O) groups excluding carboxylic acids is 2. The molecule has 1 aliphatic heterocycles. The van der Waals surface area contributed by atoms with Crippen LogP contribution in [0.4, 0.5) is 4.79 Å². The van der Waals surface area contributed by atoms with Crippen LogP contribution in [0, 0.1) is 6.92 Å². The normalized spacial score (nSPS) is 20.4. The van der Waals surface area contributed by atoms with E-state index in [4.69, 9.17) is 9.15 Å². The Morgan fingerprint density at radius 2 is 2.08 bits per heavy atom. The van der Waals surface area contributed by atoms with Crippen LogP contribution in [-0.4, -0.2) is 30.0 Å². The second kappa shape index (κ2) is 6.32. The lowest BCUT2D eigenvalue weighted by atomic mass is 9.99. The number of nitrogens with one attached hydrogen (secondary N) is 1. The van der Waals surface area contributed by atoms with E-state index in [1.54, 1.807) is 26.0 Å². The molecule has 3 rings (SSSR count). The molecule has 1 fully saturated rings. The molecule has 126 valence electrons. The third kappa shape index (κ3) is 3.03. The number of amides is 3. The summed E-state index contributed by atoms with van der Waals surface area (Å²) in [5.74, 6) is 1.43. The maximum absolute atomic E-state index is 12.7. The number of hydrogen-bond acceptors (Lipinski definition) is 4. The molecule has 1 aromatic carbocycles. The van der Waals surface area contributed by atoms with Crippen LogP contribution in [0.2, 0.25) is 0 Å². The van der Waals surface area contributed by atoms with Crippen LogP contribution in [-0.2, 0) is 10.3 Å². The molecule has 0 radical (unpaired) electrons. The Balaban J connectivity index is 1.66. The first-order valence-corrected chi connectivity index (χ1v) is 8.29. The molecular formula is C17H17BrN2O4. The molecule has 0 aliphatic carbocycles. The van der Waals surface area contributed by atoms with Gasteiger partial charge in [0.2, 0.25) is 0 Å². The number of furan rings is 1. The number of imide groups is 1. The van der Waals surface area contributed by atoms with Gasteiger partial charge < -0.3 is 14.5 Å². The minimum absolute atomic E-state index is 0.159. The lowest BCUT2D eigenvalue weighted by Crippen LogP contribution is -2.41. The van der Waals surface area contributed by atoms with E-state index >= 15 is 0 Å². The molecule has 1 aliphatic rings. The summed E-state index contributed by atoms with van der Waals surface area (Å²) in [6.45, 7) is 3.80. The maximum Gasteiger partial charge on any atom is 0.325 e. The second-order valence-electron chi connectivity index (χ2n) is 5.73. The summed E-state index contributed by atoms with van der Waals surface area (Å²) in [5, 5.41) is 2.70. The van der Waals surface area contributed by atoms with E-state index in [0.717, 1.165) is 9.37 Å². The molecule has 0 saturated carbocycles. The summed E-state index contributed by atoms with van der Waals surface area (Å²) in [6.07, 6.45) is 0. The van der Waals surface area contributed by atoms with E-state index in [9.17, 15) is 9.59 Å². The lowest BCUT2D eigenvalue weighted by Gasteiger charge is -2.19. The highest BCUT2D eigenvalue weighted by Crippen LogP contribution is 2.30. The summed E-state index contributed by atoms with van der Waals surface area (Å²) >= 11 is 3.36. The Bertz CT molecular complexity index is 788. The number of hydrogen-bond donors (Lipinski definition) is 1. The number of halogens is 1. The number of nitrogens with zero attached hydrogens (tertiary/aromatic N) is 1. The van der Waals surface area contributed by atoms with Gasteiger partial charge in [0.15, 0.2) is 5.54 Å². The first-order chi connectivity index (χ1) is 11.4. The predicted octanol–water partition coefficient (Wildman–Crippen LogP) is 3.20. The van der Waals surface area contributed by atoms with E-state index in [0.29, 0.717) is 17.3 Å². The van der Waals surface area contributed by atoms with E-state index in [1.165, 1.54) is 0 Å². The van der Waals surface area contributed by atoms with E-state index in [-0.39, 0.29) is 19.1 Å². The van der Waals surface area contributed by atoms with Crippen LogP contribution in [0.25, 0.3) is 0 Å². The summed E-state index contributed by atoms with van der Waals surface area (Å²) in [6, 6.07) is 10.4. The molecule has 2 aromatic rings. The van der Waals surface area contributed by atoms with Gasteiger partial charge in [-0.25, -0.2) is 4.79 Å². The van der Waals surface area contributed by atoms with Crippen LogP contribution in [0.3, 0.4) is 0 Å². The first-order valence-electron chi connectivity index (χ1n) is 7.49. The number of rotatable bonds is 5. The standard InChI is InChI=1S/C17H17BrN2O4/c1-11-6-7-14(24-11)17(2)15(21)20(16(22)19-17)8-9-23-13-5-3-4-12(18)10-13/h3-7,10H,8-9H2,1-2H3,(H,19,22). The fourth-order valence-corrected chi connectivity index (χ4v) is 2.96. The van der Waals surface area contributed by atoms with E-state index in [1.807, 2.05) is 24.3 Å². The van der Waals surface area contributed by atoms with Crippen LogP contribution >= 0.6 is 15.9 Å². The van der Waals surface area contributed by atoms with Crippen molar-refractivity contribution in [3.63, 3.8) is 0 Å². The smallest absolute Gasteiger partial charge is 0.325 e. The van der Waals surface area contributed by atoms with Gasteiger partial charge in [-0.05, 0) is 44.2 Å². The van der Waals surface area contributed by atoms with Crippen molar-refractivity contribution in [2.75, 3.05) is 13.2 Å². The van der Waals surface area contributed by atoms with Crippen LogP contribution < -0.4 is 10.1 Å². The van der Waals surface area contributed by atoms with Gasteiger partial charge in [0.25, 0.3) is 5.91 Å². The van der Waals surface area contributed by atoms with Gasteiger partial charge in [-0.3, -0.25) is 9.69 Å². The number of ether oxygens (including phenoxy) is 1. The fourth-order valence-electron chi connectivity index (χ4n) is 2.58. The summed E-state index contributed by atoms with van der Waals surface area (Å²) in [5.41, 5.74) is -1.18. The number of aryl methyl sites for hydroxylation is 1. The average Bonchev–Trinajstić information content (AvgIpc) is 3.05. The van der Waals surface area contributed by atoms with E-state index in [2.05, 4.69) is 21.2 Å². The maximum atomic E-state index is 12.7. The number of benzene rings is 1. The van der Waals surface area contributed by atoms with Gasteiger partial charge in [0, 0.05) is 4.47 Å². The molecule has 6 nitrogen and oxygen atoms in total. The Morgan fingerprint density at radius 1 is 1.29 bits per heavy atom. The van der Waals surface area contributed by atoms with Crippen LogP contribution in [0.15, 0.2) is 45.3 Å². The predicted molar refractivity (Wildman–Crippen MR) is 90.7 cm³/mol. The van der Waals surface area contributed by atoms with Crippen molar-refractivity contribution in [1.29, 1.82) is 0 Å². The third-order valence-electron chi connectivity index (χ3n) is 3.89. The van der Waals surface area contributed by atoms with Gasteiger partial charge >= 0.3 is 6.03 Å². The molecule has 0 spiro atoms. The SMILES string of the molecule is Cc1ccc(C2(C)NC(=O)N(CCOc3cccc(Br)c3)C2=O)o1. The van der Waals surface area contributed by atoms with Crippen molar-refractivity contribution in [3.8, 4) is 5.75 Å². The van der Waals surface area contributed by atoms with Crippen molar-refractivity contribution in [1.82, 2.24) is 10.2 Å². The highest BCUT2D eigenvalue weighted by atomic mass is 79.9. The van der Waals surface area contributed by atoms with Gasteiger partial charge in [-0.1, -0.05) is 22.0 Å². The highest BCUT2D eigenvalue weighted by molar-refractivity contribution is 9.10. The molecular weight excluding hydrogens is 376 g/mol. The Hall–Kier alpha value is -2.28. The van der Waals surface area contributed by atoms with Crippen molar-refractivity contribution < 1.29 is 18.7 Å². The zero-order chi connectivity index (χ0) is 17.3. The van der Waals surface area contributed by atoms with Crippen LogP contribution in [0.5, 0.6) is 5.75 Å². The molecule has 1 N–H and O–H groups in total. The van der Waals surface area contributed by atoms with Crippen LogP contribution in [0.1, 0.15) is 18.4 Å². The second-order valence-corrected chi connectivity index (χ2v) is 6.64. The highest BCUT2D eigenvalue weighted by Gasteiger charge is 2.50. The quantitative estimate of drug-likeness (QED) is 0.792. The molecule has 24 heavy (non-hydrogen) atoms. The van der Waals surface area contributed by atoms with Crippen molar-refractivity contribution in [2.24, 2.45) is 0 Å². The largest absolute Gasteiger partial charge is 0.492 e. The van der Waals surface area contributed by atoms with Gasteiger partial charge in [0.05, 0.1) is 6.54 Å². The van der Waals surface area contributed by atoms with Gasteiger partial charge in [-0.2, -0.15) is 0 Å². The molecule has 0 bridgehead atoms. The zero-order valence-electron chi connectivity index (χ0n) is 13.3. The molecule has 1 aromatic heterocycles. The Kier molecular flexibility index (Phi) is 4.36. The molecule has 3 amide bonds. The Labute approximate surface area is 147 Å². The van der Waals surface area contributed by atoms with E-state index < -0.39 is 11.6 Å². The molecule has 1 atom stereocenters. The summed E-state index contributed by atoms with van der Waals surface area (Å²) in [7, 11) is 0. The monoisotopic (exact) mass is 392 g/mol. The van der Waals surface area contributed by atoms with Gasteiger partial charge in [0.1, 0.15) is 23.9 Å². The molecule has 7 heteroatoms.